The second-order valence-corrected chi connectivity index (χ2v) is 4.81. The average Bonchev–Trinajstić information content (AvgIpc) is 2.71. The van der Waals surface area contributed by atoms with Gasteiger partial charge in [0.05, 0.1) is 6.04 Å². The highest BCUT2D eigenvalue weighted by Gasteiger charge is 2.21. The zero-order chi connectivity index (χ0) is 11.2. The van der Waals surface area contributed by atoms with Gasteiger partial charge in [-0.1, -0.05) is 0 Å². The van der Waals surface area contributed by atoms with E-state index in [1.807, 2.05) is 0 Å². The lowest BCUT2D eigenvalue weighted by Crippen LogP contribution is -2.43. The van der Waals surface area contributed by atoms with Crippen LogP contribution in [0.5, 0.6) is 0 Å². The molecule has 0 bridgehead atoms. The molecule has 0 aliphatic carbocycles. The van der Waals surface area contributed by atoms with Crippen molar-refractivity contribution in [2.75, 3.05) is 26.3 Å². The normalized spacial score (nSPS) is 31.1. The molecule has 0 aromatic carbocycles. The molecule has 0 radical (unpaired) electrons. The van der Waals surface area contributed by atoms with Crippen LogP contribution < -0.4 is 10.6 Å². The molecule has 0 aromatic heterocycles. The van der Waals surface area contributed by atoms with E-state index in [9.17, 15) is 4.79 Å². The highest BCUT2D eigenvalue weighted by molar-refractivity contribution is 5.81. The summed E-state index contributed by atoms with van der Waals surface area (Å²) in [5.74, 6) is 0.876. The van der Waals surface area contributed by atoms with Gasteiger partial charge in [0, 0.05) is 19.8 Å². The molecule has 1 amide bonds. The van der Waals surface area contributed by atoms with E-state index in [0.717, 1.165) is 52.0 Å². The smallest absolute Gasteiger partial charge is 0.237 e. The molecule has 4 heteroatoms. The fraction of sp³-hybridized carbons (Fsp3) is 0.917. The maximum atomic E-state index is 11.6. The number of carbonyl (C=O) groups is 1. The highest BCUT2D eigenvalue weighted by Crippen LogP contribution is 2.15. The molecule has 92 valence electrons. The van der Waals surface area contributed by atoms with Gasteiger partial charge < -0.3 is 15.4 Å². The number of carbonyl (C=O) groups excluding carboxylic acids is 1. The van der Waals surface area contributed by atoms with Crippen LogP contribution in [0.15, 0.2) is 0 Å². The van der Waals surface area contributed by atoms with Crippen molar-refractivity contribution in [3.05, 3.63) is 0 Å². The summed E-state index contributed by atoms with van der Waals surface area (Å²) in [5.41, 5.74) is 0. The number of ether oxygens (including phenoxy) is 1. The first kappa shape index (κ1) is 11.9. The predicted octanol–water partition coefficient (Wildman–Crippen LogP) is 0.671. The third-order valence-corrected chi connectivity index (χ3v) is 3.50. The highest BCUT2D eigenvalue weighted by atomic mass is 16.5. The van der Waals surface area contributed by atoms with E-state index in [1.165, 1.54) is 6.42 Å². The van der Waals surface area contributed by atoms with Gasteiger partial charge in [0.2, 0.25) is 5.91 Å². The van der Waals surface area contributed by atoms with Crippen molar-refractivity contribution in [3.8, 4) is 0 Å². The molecule has 2 saturated heterocycles. The molecular formula is C12H22N2O2. The van der Waals surface area contributed by atoms with Crippen LogP contribution in [0.3, 0.4) is 0 Å². The molecule has 2 heterocycles. The molecule has 2 N–H and O–H groups in total. The van der Waals surface area contributed by atoms with Crippen LogP contribution in [-0.2, 0) is 9.53 Å². The summed E-state index contributed by atoms with van der Waals surface area (Å²) < 4.78 is 5.33. The molecule has 2 rings (SSSR count). The summed E-state index contributed by atoms with van der Waals surface area (Å²) in [6.07, 6.45) is 5.54. The van der Waals surface area contributed by atoms with E-state index in [1.54, 1.807) is 0 Å². The van der Waals surface area contributed by atoms with Gasteiger partial charge in [-0.25, -0.2) is 0 Å². The number of hydrogen-bond acceptors (Lipinski definition) is 3. The van der Waals surface area contributed by atoms with Crippen LogP contribution in [0.1, 0.15) is 32.1 Å². The van der Waals surface area contributed by atoms with Gasteiger partial charge in [0.1, 0.15) is 0 Å². The fourth-order valence-corrected chi connectivity index (χ4v) is 2.41. The number of nitrogens with one attached hydrogen (secondary N) is 2. The minimum atomic E-state index is 0.0322. The SMILES string of the molecule is O=C1NCCCCC1NCCC1CCOC1. The molecule has 2 atom stereocenters. The van der Waals surface area contributed by atoms with Gasteiger partial charge >= 0.3 is 0 Å². The molecule has 0 spiro atoms. The lowest BCUT2D eigenvalue weighted by atomic mass is 10.0. The minimum Gasteiger partial charge on any atom is -0.381 e. The Hall–Kier alpha value is -0.610. The Bertz CT molecular complexity index is 227. The first-order chi connectivity index (χ1) is 7.86. The Labute approximate surface area is 97.1 Å². The average molecular weight is 226 g/mol. The van der Waals surface area contributed by atoms with Gasteiger partial charge in [-0.15, -0.1) is 0 Å². The lowest BCUT2D eigenvalue weighted by Gasteiger charge is -2.16. The quantitative estimate of drug-likeness (QED) is 0.741. The van der Waals surface area contributed by atoms with Gasteiger partial charge in [-0.05, 0) is 44.6 Å². The van der Waals surface area contributed by atoms with E-state index in [2.05, 4.69) is 10.6 Å². The van der Waals surface area contributed by atoms with Crippen LogP contribution in [-0.4, -0.2) is 38.3 Å². The fourth-order valence-electron chi connectivity index (χ4n) is 2.41. The Morgan fingerprint density at radius 2 is 2.31 bits per heavy atom. The van der Waals surface area contributed by atoms with Crippen molar-refractivity contribution < 1.29 is 9.53 Å². The summed E-state index contributed by atoms with van der Waals surface area (Å²) >= 11 is 0. The van der Waals surface area contributed by atoms with Crippen LogP contribution in [0.2, 0.25) is 0 Å². The minimum absolute atomic E-state index is 0.0322. The lowest BCUT2D eigenvalue weighted by molar-refractivity contribution is -0.122. The summed E-state index contributed by atoms with van der Waals surface area (Å²) in [4.78, 5) is 11.6. The third kappa shape index (κ3) is 3.46. The Morgan fingerprint density at radius 3 is 3.12 bits per heavy atom. The summed E-state index contributed by atoms with van der Waals surface area (Å²) in [6, 6.07) is 0.0322. The first-order valence-electron chi connectivity index (χ1n) is 6.45. The van der Waals surface area contributed by atoms with E-state index < -0.39 is 0 Å². The maximum absolute atomic E-state index is 11.6. The molecule has 2 aliphatic heterocycles. The predicted molar refractivity (Wildman–Crippen MR) is 62.2 cm³/mol. The number of rotatable bonds is 4. The van der Waals surface area contributed by atoms with Crippen molar-refractivity contribution in [2.24, 2.45) is 5.92 Å². The summed E-state index contributed by atoms with van der Waals surface area (Å²) in [5, 5.41) is 6.32. The Kier molecular flexibility index (Phi) is 4.60. The zero-order valence-electron chi connectivity index (χ0n) is 9.84. The van der Waals surface area contributed by atoms with Gasteiger partial charge in [-0.2, -0.15) is 0 Å². The third-order valence-electron chi connectivity index (χ3n) is 3.50. The van der Waals surface area contributed by atoms with Crippen LogP contribution >= 0.6 is 0 Å². The van der Waals surface area contributed by atoms with Gasteiger partial charge in [0.25, 0.3) is 0 Å². The monoisotopic (exact) mass is 226 g/mol. The van der Waals surface area contributed by atoms with Crippen molar-refractivity contribution in [2.45, 2.75) is 38.1 Å². The maximum Gasteiger partial charge on any atom is 0.237 e. The van der Waals surface area contributed by atoms with Crippen LogP contribution in [0, 0.1) is 5.92 Å². The van der Waals surface area contributed by atoms with E-state index in [-0.39, 0.29) is 11.9 Å². The van der Waals surface area contributed by atoms with Crippen LogP contribution in [0.25, 0.3) is 0 Å². The molecule has 0 aromatic rings. The molecule has 2 aliphatic rings. The van der Waals surface area contributed by atoms with E-state index in [4.69, 9.17) is 4.74 Å². The van der Waals surface area contributed by atoms with Gasteiger partial charge in [0.15, 0.2) is 0 Å². The van der Waals surface area contributed by atoms with Crippen molar-refractivity contribution in [3.63, 3.8) is 0 Å². The van der Waals surface area contributed by atoms with Crippen molar-refractivity contribution in [1.82, 2.24) is 10.6 Å². The molecule has 4 nitrogen and oxygen atoms in total. The first-order valence-corrected chi connectivity index (χ1v) is 6.45. The van der Waals surface area contributed by atoms with E-state index in [0.29, 0.717) is 5.92 Å². The molecular weight excluding hydrogens is 204 g/mol. The topological polar surface area (TPSA) is 50.4 Å². The largest absolute Gasteiger partial charge is 0.381 e. The number of hydrogen-bond donors (Lipinski definition) is 2. The second-order valence-electron chi connectivity index (χ2n) is 4.81. The molecule has 16 heavy (non-hydrogen) atoms. The Morgan fingerprint density at radius 1 is 1.38 bits per heavy atom. The summed E-state index contributed by atoms with van der Waals surface area (Å²) in [6.45, 7) is 3.59. The molecule has 2 fully saturated rings. The molecule has 2 unspecified atom stereocenters. The van der Waals surface area contributed by atoms with Crippen molar-refractivity contribution in [1.29, 1.82) is 0 Å². The zero-order valence-corrected chi connectivity index (χ0v) is 9.84. The van der Waals surface area contributed by atoms with Gasteiger partial charge in [-0.3, -0.25) is 4.79 Å². The van der Waals surface area contributed by atoms with E-state index >= 15 is 0 Å². The van der Waals surface area contributed by atoms with Crippen LogP contribution in [0.4, 0.5) is 0 Å². The molecule has 0 saturated carbocycles. The Balaban J connectivity index is 1.65. The second kappa shape index (κ2) is 6.21. The summed E-state index contributed by atoms with van der Waals surface area (Å²) in [7, 11) is 0. The number of amides is 1. The van der Waals surface area contributed by atoms with Crippen molar-refractivity contribution >= 4 is 5.91 Å². The standard InChI is InChI=1S/C12H22N2O2/c15-12-11(3-1-2-6-14-12)13-7-4-10-5-8-16-9-10/h10-11,13H,1-9H2,(H,14,15).